The van der Waals surface area contributed by atoms with Crippen LogP contribution in [0.15, 0.2) is 42.7 Å². The highest BCUT2D eigenvalue weighted by atomic mass is 16.3. The summed E-state index contributed by atoms with van der Waals surface area (Å²) in [6, 6.07) is 11.5. The van der Waals surface area contributed by atoms with Crippen LogP contribution in [0.1, 0.15) is 49.1 Å². The molecule has 4 heteroatoms. The highest BCUT2D eigenvalue weighted by molar-refractivity contribution is 5.20. The van der Waals surface area contributed by atoms with Crippen molar-refractivity contribution in [3.05, 3.63) is 59.7 Å². The molecule has 2 unspecified atom stereocenters. The number of aromatic nitrogens is 2. The Morgan fingerprint density at radius 1 is 1.08 bits per heavy atom. The van der Waals surface area contributed by atoms with E-state index in [0.29, 0.717) is 12.1 Å². The highest BCUT2D eigenvalue weighted by Crippen LogP contribution is 2.44. The van der Waals surface area contributed by atoms with Gasteiger partial charge in [0.05, 0.1) is 5.60 Å². The molecule has 1 aromatic heterocycles. The van der Waals surface area contributed by atoms with Crippen LogP contribution in [0.2, 0.25) is 0 Å². The van der Waals surface area contributed by atoms with Crippen LogP contribution >= 0.6 is 0 Å². The Kier molecular flexibility index (Phi) is 4.10. The fourth-order valence-corrected chi connectivity index (χ4v) is 4.44. The summed E-state index contributed by atoms with van der Waals surface area (Å²) in [6.45, 7) is 2.86. The second kappa shape index (κ2) is 6.26. The van der Waals surface area contributed by atoms with Gasteiger partial charge in [-0.3, -0.25) is 4.90 Å². The molecule has 2 atom stereocenters. The minimum absolute atomic E-state index is 0.434. The summed E-state index contributed by atoms with van der Waals surface area (Å²) in [4.78, 5) is 11.2. The lowest BCUT2D eigenvalue weighted by Crippen LogP contribution is -2.56. The molecule has 2 fully saturated rings. The van der Waals surface area contributed by atoms with E-state index in [9.17, 15) is 5.11 Å². The van der Waals surface area contributed by atoms with Crippen LogP contribution < -0.4 is 0 Å². The zero-order valence-electron chi connectivity index (χ0n) is 14.2. The normalized spacial score (nSPS) is 30.2. The third-order valence-electron chi connectivity index (χ3n) is 5.69. The molecular formula is C20H25N3O. The predicted octanol–water partition coefficient (Wildman–Crippen LogP) is 3.19. The monoisotopic (exact) mass is 323 g/mol. The van der Waals surface area contributed by atoms with Crippen molar-refractivity contribution >= 4 is 0 Å². The molecule has 2 bridgehead atoms. The summed E-state index contributed by atoms with van der Waals surface area (Å²) in [5, 5.41) is 11.3. The Morgan fingerprint density at radius 3 is 2.33 bits per heavy atom. The Bertz CT molecular complexity index is 672. The van der Waals surface area contributed by atoms with Gasteiger partial charge in [0, 0.05) is 36.6 Å². The summed E-state index contributed by atoms with van der Waals surface area (Å²) in [6.07, 6.45) is 8.78. The molecule has 2 aliphatic rings. The third kappa shape index (κ3) is 2.96. The molecule has 0 saturated carbocycles. The van der Waals surface area contributed by atoms with E-state index in [1.165, 1.54) is 24.8 Å². The molecule has 3 heterocycles. The number of benzene rings is 1. The van der Waals surface area contributed by atoms with Crippen molar-refractivity contribution in [2.24, 2.45) is 0 Å². The van der Waals surface area contributed by atoms with Crippen molar-refractivity contribution < 1.29 is 5.11 Å². The average molecular weight is 323 g/mol. The van der Waals surface area contributed by atoms with Crippen LogP contribution in [0.4, 0.5) is 0 Å². The average Bonchev–Trinajstić information content (AvgIpc) is 2.57. The lowest BCUT2D eigenvalue weighted by molar-refractivity contribution is -0.100. The highest BCUT2D eigenvalue weighted by Gasteiger charge is 2.46. The van der Waals surface area contributed by atoms with Crippen LogP contribution in [0.3, 0.4) is 0 Å². The number of aryl methyl sites for hydroxylation is 1. The first-order valence-corrected chi connectivity index (χ1v) is 8.95. The van der Waals surface area contributed by atoms with Gasteiger partial charge in [0.2, 0.25) is 0 Å². The van der Waals surface area contributed by atoms with Gasteiger partial charge in [0.15, 0.2) is 0 Å². The van der Waals surface area contributed by atoms with Crippen LogP contribution in [0.25, 0.3) is 0 Å². The van der Waals surface area contributed by atoms with Crippen molar-refractivity contribution in [3.63, 3.8) is 0 Å². The fraction of sp³-hybridized carbons (Fsp3) is 0.500. The zero-order valence-corrected chi connectivity index (χ0v) is 14.2. The molecule has 4 nitrogen and oxygen atoms in total. The number of hydrogen-bond acceptors (Lipinski definition) is 4. The lowest BCUT2D eigenvalue weighted by atomic mass is 9.73. The smallest absolute Gasteiger partial charge is 0.125 e. The van der Waals surface area contributed by atoms with Gasteiger partial charge in [-0.1, -0.05) is 36.8 Å². The largest absolute Gasteiger partial charge is 0.385 e. The molecule has 24 heavy (non-hydrogen) atoms. The van der Waals surface area contributed by atoms with E-state index in [2.05, 4.69) is 45.2 Å². The quantitative estimate of drug-likeness (QED) is 0.942. The van der Waals surface area contributed by atoms with E-state index in [0.717, 1.165) is 30.8 Å². The van der Waals surface area contributed by atoms with E-state index in [4.69, 9.17) is 0 Å². The minimum atomic E-state index is -0.781. The van der Waals surface area contributed by atoms with Gasteiger partial charge in [-0.05, 0) is 38.2 Å². The Balaban J connectivity index is 1.57. The maximum Gasteiger partial charge on any atom is 0.125 e. The van der Waals surface area contributed by atoms with Gasteiger partial charge in [-0.15, -0.1) is 0 Å². The van der Waals surface area contributed by atoms with Crippen molar-refractivity contribution in [3.8, 4) is 0 Å². The summed E-state index contributed by atoms with van der Waals surface area (Å²) in [5.41, 5.74) is 1.46. The second-order valence-electron chi connectivity index (χ2n) is 7.36. The van der Waals surface area contributed by atoms with Crippen molar-refractivity contribution in [1.29, 1.82) is 0 Å². The second-order valence-corrected chi connectivity index (χ2v) is 7.36. The number of aliphatic hydroxyl groups is 1. The molecule has 1 N–H and O–H groups in total. The van der Waals surface area contributed by atoms with Gasteiger partial charge in [0.25, 0.3) is 0 Å². The molecule has 126 valence electrons. The summed E-state index contributed by atoms with van der Waals surface area (Å²) in [5.74, 6) is 0.754. The first-order chi connectivity index (χ1) is 11.6. The SMILES string of the molecule is Cc1ncc(C2(O)CC3CCCC(C2)N3Cc2ccccc2)cn1. The first-order valence-electron chi connectivity index (χ1n) is 8.95. The zero-order chi connectivity index (χ0) is 16.6. The molecular weight excluding hydrogens is 298 g/mol. The van der Waals surface area contributed by atoms with E-state index in [1.54, 1.807) is 0 Å². The van der Waals surface area contributed by atoms with Gasteiger partial charge in [0.1, 0.15) is 5.82 Å². The summed E-state index contributed by atoms with van der Waals surface area (Å²) in [7, 11) is 0. The Labute approximate surface area is 143 Å². The molecule has 1 aromatic carbocycles. The number of nitrogens with zero attached hydrogens (tertiary/aromatic N) is 3. The van der Waals surface area contributed by atoms with E-state index in [-0.39, 0.29) is 0 Å². The molecule has 0 amide bonds. The lowest BCUT2D eigenvalue weighted by Gasteiger charge is -2.52. The van der Waals surface area contributed by atoms with Crippen molar-refractivity contribution in [1.82, 2.24) is 14.9 Å². The molecule has 2 saturated heterocycles. The van der Waals surface area contributed by atoms with Crippen LogP contribution in [-0.2, 0) is 12.1 Å². The molecule has 2 aromatic rings. The fourth-order valence-electron chi connectivity index (χ4n) is 4.44. The first kappa shape index (κ1) is 15.7. The molecule has 4 rings (SSSR count). The Hall–Kier alpha value is -1.78. The predicted molar refractivity (Wildman–Crippen MR) is 93.3 cm³/mol. The summed E-state index contributed by atoms with van der Waals surface area (Å²) < 4.78 is 0. The van der Waals surface area contributed by atoms with Crippen molar-refractivity contribution in [2.45, 2.75) is 63.3 Å². The number of rotatable bonds is 3. The van der Waals surface area contributed by atoms with E-state index >= 15 is 0 Å². The van der Waals surface area contributed by atoms with Crippen molar-refractivity contribution in [2.75, 3.05) is 0 Å². The van der Waals surface area contributed by atoms with Gasteiger partial charge < -0.3 is 5.11 Å². The number of piperidine rings is 2. The number of fused-ring (bicyclic) bond motifs is 2. The summed E-state index contributed by atoms with van der Waals surface area (Å²) >= 11 is 0. The van der Waals surface area contributed by atoms with Crippen LogP contribution in [0.5, 0.6) is 0 Å². The topological polar surface area (TPSA) is 49.3 Å². The number of hydrogen-bond donors (Lipinski definition) is 1. The van der Waals surface area contributed by atoms with Crippen LogP contribution in [0, 0.1) is 6.92 Å². The Morgan fingerprint density at radius 2 is 1.71 bits per heavy atom. The maximum absolute atomic E-state index is 11.3. The maximum atomic E-state index is 11.3. The molecule has 2 aliphatic heterocycles. The van der Waals surface area contributed by atoms with E-state index < -0.39 is 5.60 Å². The molecule has 0 radical (unpaired) electrons. The van der Waals surface area contributed by atoms with E-state index in [1.807, 2.05) is 19.3 Å². The van der Waals surface area contributed by atoms with Gasteiger partial charge in [-0.2, -0.15) is 0 Å². The minimum Gasteiger partial charge on any atom is -0.385 e. The third-order valence-corrected chi connectivity index (χ3v) is 5.69. The van der Waals surface area contributed by atoms with Crippen LogP contribution in [-0.4, -0.2) is 32.1 Å². The molecule has 0 spiro atoms. The van der Waals surface area contributed by atoms with Gasteiger partial charge >= 0.3 is 0 Å². The standard InChI is InChI=1S/C20H25N3O/c1-15-21-12-17(13-22-15)20(24)10-18-8-5-9-19(11-20)23(18)14-16-6-3-2-4-7-16/h2-4,6-7,12-13,18-19,24H,5,8-11,14H2,1H3. The molecule has 0 aliphatic carbocycles. The van der Waals surface area contributed by atoms with Gasteiger partial charge in [-0.25, -0.2) is 9.97 Å².